The Kier molecular flexibility index (Phi) is 3.90. The number of rotatable bonds is 4. The van der Waals surface area contributed by atoms with Crippen LogP contribution in [0, 0.1) is 0 Å². The molecule has 0 saturated carbocycles. The fourth-order valence-corrected chi connectivity index (χ4v) is 2.20. The van der Waals surface area contributed by atoms with Gasteiger partial charge in [-0.25, -0.2) is 0 Å². The second-order valence-corrected chi connectivity index (χ2v) is 4.45. The molecule has 3 heteroatoms. The van der Waals surface area contributed by atoms with Gasteiger partial charge in [0.1, 0.15) is 6.10 Å². The molecule has 1 unspecified atom stereocenters. The number of hydrogen-bond acceptors (Lipinski definition) is 3. The lowest BCUT2D eigenvalue weighted by Crippen LogP contribution is -2.15. The minimum absolute atomic E-state index is 0.359. The molecule has 13 heavy (non-hydrogen) atoms. The summed E-state index contributed by atoms with van der Waals surface area (Å²) in [7, 11) is 1.85. The molecule has 0 amide bonds. The van der Waals surface area contributed by atoms with Gasteiger partial charge in [0.25, 0.3) is 0 Å². The number of thiophene rings is 1. The highest BCUT2D eigenvalue weighted by Gasteiger charge is 2.10. The molecule has 1 rings (SSSR count). The Labute approximate surface area is 83.6 Å². The largest absolute Gasteiger partial charge is 0.386 e. The van der Waals surface area contributed by atoms with Crippen LogP contribution in [0.1, 0.15) is 36.3 Å². The van der Waals surface area contributed by atoms with Crippen molar-refractivity contribution in [1.82, 2.24) is 5.32 Å². The van der Waals surface area contributed by atoms with E-state index >= 15 is 0 Å². The highest BCUT2D eigenvalue weighted by atomic mass is 32.1. The van der Waals surface area contributed by atoms with Gasteiger partial charge in [-0.2, -0.15) is 0 Å². The third-order valence-corrected chi connectivity index (χ3v) is 3.08. The monoisotopic (exact) mass is 199 g/mol. The third kappa shape index (κ3) is 2.79. The zero-order chi connectivity index (χ0) is 9.84. The first kappa shape index (κ1) is 10.7. The molecule has 0 aliphatic carbocycles. The van der Waals surface area contributed by atoms with Gasteiger partial charge >= 0.3 is 0 Å². The molecule has 0 fully saturated rings. The van der Waals surface area contributed by atoms with Crippen LogP contribution in [-0.2, 0) is 0 Å². The number of aliphatic hydroxyl groups excluding tert-OH is 1. The van der Waals surface area contributed by atoms with Gasteiger partial charge in [0.15, 0.2) is 0 Å². The van der Waals surface area contributed by atoms with Crippen molar-refractivity contribution in [3.63, 3.8) is 0 Å². The van der Waals surface area contributed by atoms with Gasteiger partial charge < -0.3 is 10.4 Å². The summed E-state index contributed by atoms with van der Waals surface area (Å²) < 4.78 is 0. The van der Waals surface area contributed by atoms with E-state index in [1.165, 1.54) is 5.56 Å². The molecular weight excluding hydrogens is 182 g/mol. The van der Waals surface area contributed by atoms with E-state index in [2.05, 4.69) is 30.6 Å². The van der Waals surface area contributed by atoms with Gasteiger partial charge in [-0.3, -0.25) is 0 Å². The third-order valence-electron chi connectivity index (χ3n) is 2.03. The highest BCUT2D eigenvalue weighted by molar-refractivity contribution is 7.10. The van der Waals surface area contributed by atoms with Crippen LogP contribution < -0.4 is 5.32 Å². The summed E-state index contributed by atoms with van der Waals surface area (Å²) in [6.07, 6.45) is -0.359. The molecule has 0 aliphatic heterocycles. The van der Waals surface area contributed by atoms with Crippen molar-refractivity contribution in [3.05, 3.63) is 21.9 Å². The van der Waals surface area contributed by atoms with Gasteiger partial charge in [0.2, 0.25) is 0 Å². The maximum atomic E-state index is 9.66. The first-order valence-electron chi connectivity index (χ1n) is 4.56. The molecule has 0 aromatic carbocycles. The van der Waals surface area contributed by atoms with E-state index in [1.54, 1.807) is 11.3 Å². The summed E-state index contributed by atoms with van der Waals surface area (Å²) in [5.74, 6) is 0.548. The average molecular weight is 199 g/mol. The molecule has 74 valence electrons. The highest BCUT2D eigenvalue weighted by Crippen LogP contribution is 2.26. The van der Waals surface area contributed by atoms with Gasteiger partial charge in [-0.05, 0) is 30.0 Å². The lowest BCUT2D eigenvalue weighted by molar-refractivity contribution is 0.181. The zero-order valence-corrected chi connectivity index (χ0v) is 9.19. The smallest absolute Gasteiger partial charge is 0.101 e. The Bertz CT molecular complexity index is 257. The van der Waals surface area contributed by atoms with E-state index in [0.717, 1.165) is 4.88 Å². The summed E-state index contributed by atoms with van der Waals surface area (Å²) in [5.41, 5.74) is 1.31. The van der Waals surface area contributed by atoms with Crippen molar-refractivity contribution in [2.24, 2.45) is 0 Å². The van der Waals surface area contributed by atoms with Crippen molar-refractivity contribution in [2.75, 3.05) is 13.6 Å². The second-order valence-electron chi connectivity index (χ2n) is 3.51. The number of hydrogen-bond donors (Lipinski definition) is 2. The summed E-state index contributed by atoms with van der Waals surface area (Å²) in [6, 6.07) is 2.09. The van der Waals surface area contributed by atoms with Crippen LogP contribution >= 0.6 is 11.3 Å². The summed E-state index contributed by atoms with van der Waals surface area (Å²) in [6.45, 7) is 4.95. The first-order chi connectivity index (χ1) is 6.15. The molecule has 0 bridgehead atoms. The molecule has 1 heterocycles. The topological polar surface area (TPSA) is 32.3 Å². The standard InChI is InChI=1S/C10H17NOS/c1-7(2)8-4-10(13-6-8)9(12)5-11-3/h4,6-7,9,11-12H,5H2,1-3H3. The van der Waals surface area contributed by atoms with Crippen molar-refractivity contribution >= 4 is 11.3 Å². The van der Waals surface area contributed by atoms with Crippen LogP contribution in [-0.4, -0.2) is 18.7 Å². The van der Waals surface area contributed by atoms with Crippen molar-refractivity contribution in [2.45, 2.75) is 25.9 Å². The maximum absolute atomic E-state index is 9.66. The van der Waals surface area contributed by atoms with E-state index in [9.17, 15) is 5.11 Å². The second kappa shape index (κ2) is 4.74. The quantitative estimate of drug-likeness (QED) is 0.778. The van der Waals surface area contributed by atoms with E-state index in [4.69, 9.17) is 0 Å². The van der Waals surface area contributed by atoms with Crippen molar-refractivity contribution in [3.8, 4) is 0 Å². The Morgan fingerprint density at radius 3 is 2.69 bits per heavy atom. The van der Waals surface area contributed by atoms with Gasteiger partial charge in [-0.15, -0.1) is 11.3 Å². The number of aliphatic hydroxyl groups is 1. The number of nitrogens with one attached hydrogen (secondary N) is 1. The van der Waals surface area contributed by atoms with E-state index in [0.29, 0.717) is 12.5 Å². The molecule has 0 radical (unpaired) electrons. The van der Waals surface area contributed by atoms with Crippen LogP contribution in [0.5, 0.6) is 0 Å². The molecular formula is C10H17NOS. The summed E-state index contributed by atoms with van der Waals surface area (Å²) in [4.78, 5) is 1.05. The van der Waals surface area contributed by atoms with E-state index in [1.807, 2.05) is 7.05 Å². The Balaban J connectivity index is 2.67. The molecule has 2 N–H and O–H groups in total. The molecule has 0 saturated heterocycles. The van der Waals surface area contributed by atoms with Gasteiger partial charge in [0, 0.05) is 11.4 Å². The van der Waals surface area contributed by atoms with Crippen LogP contribution in [0.15, 0.2) is 11.4 Å². The fourth-order valence-electron chi connectivity index (χ4n) is 1.14. The Morgan fingerprint density at radius 2 is 2.23 bits per heavy atom. The van der Waals surface area contributed by atoms with Crippen LogP contribution in [0.4, 0.5) is 0 Å². The van der Waals surface area contributed by atoms with E-state index in [-0.39, 0.29) is 6.10 Å². The Hall–Kier alpha value is -0.380. The van der Waals surface area contributed by atoms with Gasteiger partial charge in [-0.1, -0.05) is 13.8 Å². The first-order valence-corrected chi connectivity index (χ1v) is 5.44. The minimum atomic E-state index is -0.359. The molecule has 1 aromatic heterocycles. The normalized spacial score (nSPS) is 13.6. The minimum Gasteiger partial charge on any atom is -0.386 e. The van der Waals surface area contributed by atoms with Crippen LogP contribution in [0.25, 0.3) is 0 Å². The van der Waals surface area contributed by atoms with Crippen LogP contribution in [0.3, 0.4) is 0 Å². The van der Waals surface area contributed by atoms with Gasteiger partial charge in [0.05, 0.1) is 0 Å². The number of likely N-dealkylation sites (N-methyl/N-ethyl adjacent to an activating group) is 1. The fraction of sp³-hybridized carbons (Fsp3) is 0.600. The van der Waals surface area contributed by atoms with Crippen LogP contribution in [0.2, 0.25) is 0 Å². The average Bonchev–Trinajstić information content (AvgIpc) is 2.52. The molecule has 1 atom stereocenters. The summed E-state index contributed by atoms with van der Waals surface area (Å²) >= 11 is 1.64. The molecule has 0 aliphatic rings. The maximum Gasteiger partial charge on any atom is 0.101 e. The van der Waals surface area contributed by atoms with Crippen molar-refractivity contribution in [1.29, 1.82) is 0 Å². The molecule has 0 spiro atoms. The SMILES string of the molecule is CNCC(O)c1cc(C(C)C)cs1. The molecule has 1 aromatic rings. The lowest BCUT2D eigenvalue weighted by atomic mass is 10.1. The summed E-state index contributed by atoms with van der Waals surface area (Å²) in [5, 5.41) is 14.7. The van der Waals surface area contributed by atoms with E-state index < -0.39 is 0 Å². The predicted molar refractivity (Wildman–Crippen MR) is 57.3 cm³/mol. The van der Waals surface area contributed by atoms with Crippen molar-refractivity contribution < 1.29 is 5.11 Å². The Morgan fingerprint density at radius 1 is 1.54 bits per heavy atom. The zero-order valence-electron chi connectivity index (χ0n) is 8.37. The molecule has 2 nitrogen and oxygen atoms in total. The predicted octanol–water partition coefficient (Wildman–Crippen LogP) is 2.12. The lowest BCUT2D eigenvalue weighted by Gasteiger charge is -2.06.